The predicted octanol–water partition coefficient (Wildman–Crippen LogP) is 2.85. The van der Waals surface area contributed by atoms with E-state index in [1.807, 2.05) is 19.1 Å². The van der Waals surface area contributed by atoms with Gasteiger partial charge in [-0.3, -0.25) is 0 Å². The molecule has 0 bridgehead atoms. The standard InChI is InChI=1S/C20H26F3N3O4/c1-14(2)15-3-4-17(24-11-15)26-9-10-29-19(13-26)5-7-25(8-6-19)18(28)30-16(12-27)20(21,22)23/h3-4,11,16,27H,1,5-10,12-13H2,2H3/t16-/m1/s1. The summed E-state index contributed by atoms with van der Waals surface area (Å²) in [4.78, 5) is 19.9. The van der Waals surface area contributed by atoms with E-state index in [-0.39, 0.29) is 13.1 Å². The zero-order chi connectivity index (χ0) is 21.9. The minimum atomic E-state index is -4.80. The van der Waals surface area contributed by atoms with Crippen molar-refractivity contribution in [3.8, 4) is 0 Å². The van der Waals surface area contributed by atoms with Gasteiger partial charge in [0.05, 0.1) is 18.8 Å². The number of amides is 1. The van der Waals surface area contributed by atoms with Crippen LogP contribution in [0.25, 0.3) is 5.57 Å². The molecule has 1 N–H and O–H groups in total. The predicted molar refractivity (Wildman–Crippen MR) is 104 cm³/mol. The van der Waals surface area contributed by atoms with Crippen LogP contribution in [0.3, 0.4) is 0 Å². The number of likely N-dealkylation sites (tertiary alicyclic amines) is 1. The minimum absolute atomic E-state index is 0.213. The summed E-state index contributed by atoms with van der Waals surface area (Å²) in [5.74, 6) is 0.820. The van der Waals surface area contributed by atoms with Gasteiger partial charge < -0.3 is 24.4 Å². The molecule has 10 heteroatoms. The highest BCUT2D eigenvalue weighted by atomic mass is 19.4. The number of halogens is 3. The smallest absolute Gasteiger partial charge is 0.427 e. The lowest BCUT2D eigenvalue weighted by Gasteiger charge is -2.47. The van der Waals surface area contributed by atoms with Crippen molar-refractivity contribution in [3.05, 3.63) is 30.5 Å². The number of anilines is 1. The molecule has 0 saturated carbocycles. The van der Waals surface area contributed by atoms with Crippen LogP contribution in [0.1, 0.15) is 25.3 Å². The summed E-state index contributed by atoms with van der Waals surface area (Å²) in [6.45, 7) is 6.69. The van der Waals surface area contributed by atoms with Gasteiger partial charge in [0.1, 0.15) is 5.82 Å². The zero-order valence-corrected chi connectivity index (χ0v) is 16.8. The first-order chi connectivity index (χ1) is 14.1. The van der Waals surface area contributed by atoms with Crippen LogP contribution in [0, 0.1) is 0 Å². The molecule has 0 radical (unpaired) electrons. The van der Waals surface area contributed by atoms with Crippen LogP contribution in [-0.2, 0) is 9.47 Å². The molecule has 1 atom stereocenters. The van der Waals surface area contributed by atoms with Crippen molar-refractivity contribution < 1.29 is 32.5 Å². The maximum absolute atomic E-state index is 12.7. The lowest BCUT2D eigenvalue weighted by Crippen LogP contribution is -2.58. The van der Waals surface area contributed by atoms with E-state index in [1.165, 1.54) is 4.90 Å². The summed E-state index contributed by atoms with van der Waals surface area (Å²) >= 11 is 0. The molecule has 3 rings (SSSR count). The van der Waals surface area contributed by atoms with Crippen molar-refractivity contribution in [2.75, 3.05) is 44.3 Å². The van der Waals surface area contributed by atoms with E-state index >= 15 is 0 Å². The van der Waals surface area contributed by atoms with Gasteiger partial charge in [-0.2, -0.15) is 13.2 Å². The molecule has 30 heavy (non-hydrogen) atoms. The molecular formula is C20H26F3N3O4. The first-order valence-electron chi connectivity index (χ1n) is 9.77. The van der Waals surface area contributed by atoms with Gasteiger partial charge in [0.25, 0.3) is 0 Å². The summed E-state index contributed by atoms with van der Waals surface area (Å²) < 4.78 is 48.6. The van der Waals surface area contributed by atoms with Crippen molar-refractivity contribution in [1.82, 2.24) is 9.88 Å². The molecule has 0 aliphatic carbocycles. The largest absolute Gasteiger partial charge is 0.434 e. The van der Waals surface area contributed by atoms with Crippen LogP contribution in [0.4, 0.5) is 23.8 Å². The van der Waals surface area contributed by atoms with Crippen LogP contribution in [0.15, 0.2) is 24.9 Å². The van der Waals surface area contributed by atoms with Gasteiger partial charge >= 0.3 is 12.3 Å². The molecule has 7 nitrogen and oxygen atoms in total. The molecule has 1 aromatic rings. The molecule has 3 heterocycles. The quantitative estimate of drug-likeness (QED) is 0.794. The highest BCUT2D eigenvalue weighted by molar-refractivity contribution is 5.68. The normalized spacial score (nSPS) is 20.2. The number of morpholine rings is 1. The van der Waals surface area contributed by atoms with Crippen LogP contribution < -0.4 is 4.90 Å². The highest BCUT2D eigenvalue weighted by Crippen LogP contribution is 2.32. The average Bonchev–Trinajstić information content (AvgIpc) is 2.71. The maximum Gasteiger partial charge on any atom is 0.427 e. The third-order valence-corrected chi connectivity index (χ3v) is 5.52. The Bertz CT molecular complexity index is 762. The van der Waals surface area contributed by atoms with Crippen molar-refractivity contribution in [1.29, 1.82) is 0 Å². The van der Waals surface area contributed by atoms with Gasteiger partial charge in [-0.15, -0.1) is 0 Å². The van der Waals surface area contributed by atoms with Crippen LogP contribution in [-0.4, -0.2) is 78.4 Å². The second-order valence-electron chi connectivity index (χ2n) is 7.72. The van der Waals surface area contributed by atoms with E-state index in [4.69, 9.17) is 9.84 Å². The molecule has 2 fully saturated rings. The molecule has 1 aromatic heterocycles. The number of carbonyl (C=O) groups is 1. The molecule has 2 aliphatic heterocycles. The highest BCUT2D eigenvalue weighted by Gasteiger charge is 2.45. The number of aliphatic hydroxyl groups excluding tert-OH is 1. The van der Waals surface area contributed by atoms with E-state index in [2.05, 4.69) is 21.2 Å². The number of carbonyl (C=O) groups excluding carboxylic acids is 1. The summed E-state index contributed by atoms with van der Waals surface area (Å²) in [5.41, 5.74) is 1.40. The third-order valence-electron chi connectivity index (χ3n) is 5.52. The van der Waals surface area contributed by atoms with Gasteiger partial charge in [0, 0.05) is 32.4 Å². The Kier molecular flexibility index (Phi) is 6.56. The number of aromatic nitrogens is 1. The first kappa shape index (κ1) is 22.4. The number of allylic oxidation sites excluding steroid dienone is 1. The zero-order valence-electron chi connectivity index (χ0n) is 16.8. The Morgan fingerprint density at radius 1 is 1.37 bits per heavy atom. The second kappa shape index (κ2) is 8.81. The van der Waals surface area contributed by atoms with Gasteiger partial charge in [-0.05, 0) is 43.0 Å². The van der Waals surface area contributed by atoms with Crippen molar-refractivity contribution in [2.45, 2.75) is 37.6 Å². The van der Waals surface area contributed by atoms with Gasteiger partial charge in [0.2, 0.25) is 6.10 Å². The molecule has 166 valence electrons. The van der Waals surface area contributed by atoms with Crippen LogP contribution in [0.5, 0.6) is 0 Å². The molecule has 1 amide bonds. The van der Waals surface area contributed by atoms with E-state index in [1.54, 1.807) is 6.20 Å². The van der Waals surface area contributed by atoms with Crippen molar-refractivity contribution >= 4 is 17.5 Å². The number of rotatable bonds is 4. The van der Waals surface area contributed by atoms with Gasteiger partial charge in [-0.1, -0.05) is 6.58 Å². The van der Waals surface area contributed by atoms with Crippen molar-refractivity contribution in [3.63, 3.8) is 0 Å². The van der Waals surface area contributed by atoms with Crippen LogP contribution >= 0.6 is 0 Å². The number of hydrogen-bond acceptors (Lipinski definition) is 6. The Balaban J connectivity index is 1.58. The molecular weight excluding hydrogens is 403 g/mol. The third kappa shape index (κ3) is 5.04. The number of aliphatic hydroxyl groups is 1. The van der Waals surface area contributed by atoms with Gasteiger partial charge in [-0.25, -0.2) is 9.78 Å². The molecule has 2 aliphatic rings. The monoisotopic (exact) mass is 429 g/mol. The fourth-order valence-corrected chi connectivity index (χ4v) is 3.67. The number of pyridine rings is 1. The van der Waals surface area contributed by atoms with Gasteiger partial charge in [0.15, 0.2) is 0 Å². The molecule has 0 aromatic carbocycles. The molecule has 0 unspecified atom stereocenters. The van der Waals surface area contributed by atoms with E-state index < -0.39 is 30.6 Å². The second-order valence-corrected chi connectivity index (χ2v) is 7.72. The first-order valence-corrected chi connectivity index (χ1v) is 9.77. The Labute approximate surface area is 173 Å². The number of hydrogen-bond donors (Lipinski definition) is 1. The fourth-order valence-electron chi connectivity index (χ4n) is 3.67. The lowest BCUT2D eigenvalue weighted by molar-refractivity contribution is -0.215. The summed E-state index contributed by atoms with van der Waals surface area (Å²) in [6.07, 6.45) is -5.68. The van der Waals surface area contributed by atoms with Crippen molar-refractivity contribution in [2.24, 2.45) is 0 Å². The SMILES string of the molecule is C=C(C)c1ccc(N2CCOC3(CCN(C(=O)O[C@H](CO)C(F)(F)F)CC3)C2)nc1. The van der Waals surface area contributed by atoms with E-state index in [0.29, 0.717) is 32.5 Å². The maximum atomic E-state index is 12.7. The van der Waals surface area contributed by atoms with Crippen LogP contribution in [0.2, 0.25) is 0 Å². The number of ether oxygens (including phenoxy) is 2. The minimum Gasteiger partial charge on any atom is -0.434 e. The summed E-state index contributed by atoms with van der Waals surface area (Å²) in [5, 5.41) is 8.84. The topological polar surface area (TPSA) is 75.1 Å². The van der Waals surface area contributed by atoms with E-state index in [0.717, 1.165) is 17.0 Å². The summed E-state index contributed by atoms with van der Waals surface area (Å²) in [7, 11) is 0. The number of alkyl halides is 3. The molecule has 2 saturated heterocycles. The average molecular weight is 429 g/mol. The Morgan fingerprint density at radius 3 is 2.60 bits per heavy atom. The Hall–Kier alpha value is -2.33. The number of nitrogens with zero attached hydrogens (tertiary/aromatic N) is 3. The summed E-state index contributed by atoms with van der Waals surface area (Å²) in [6, 6.07) is 3.89. The lowest BCUT2D eigenvalue weighted by atomic mass is 9.89. The number of piperidine rings is 1. The Morgan fingerprint density at radius 2 is 2.07 bits per heavy atom. The fraction of sp³-hybridized carbons (Fsp3) is 0.600. The molecule has 1 spiro atoms. The van der Waals surface area contributed by atoms with E-state index in [9.17, 15) is 18.0 Å².